The summed E-state index contributed by atoms with van der Waals surface area (Å²) < 4.78 is 23.1. The van der Waals surface area contributed by atoms with Crippen molar-refractivity contribution in [1.82, 2.24) is 10.6 Å². The first-order valence-electron chi connectivity index (χ1n) is 7.58. The third kappa shape index (κ3) is 3.90. The molecule has 0 spiro atoms. The van der Waals surface area contributed by atoms with E-state index in [0.29, 0.717) is 31.8 Å². The summed E-state index contributed by atoms with van der Waals surface area (Å²) in [7, 11) is -3.41. The van der Waals surface area contributed by atoms with Gasteiger partial charge < -0.3 is 10.6 Å². The van der Waals surface area contributed by atoms with Crippen molar-refractivity contribution >= 4 is 28.2 Å². The molecule has 0 aromatic heterocycles. The van der Waals surface area contributed by atoms with Crippen molar-refractivity contribution in [1.29, 1.82) is 0 Å². The SMILES string of the molecule is CC(NC(=O)C1(S(C)(=O)=O)CCNCC1)C1CCCC1.Cl. The maximum Gasteiger partial charge on any atom is 0.241 e. The third-order valence-electron chi connectivity index (χ3n) is 5.00. The van der Waals surface area contributed by atoms with E-state index in [1.807, 2.05) is 6.92 Å². The minimum Gasteiger partial charge on any atom is -0.352 e. The molecule has 0 radical (unpaired) electrons. The van der Waals surface area contributed by atoms with E-state index in [1.54, 1.807) is 0 Å². The molecule has 124 valence electrons. The van der Waals surface area contributed by atoms with Gasteiger partial charge in [0.2, 0.25) is 5.91 Å². The lowest BCUT2D eigenvalue weighted by Crippen LogP contribution is -2.59. The molecule has 2 aliphatic rings. The summed E-state index contributed by atoms with van der Waals surface area (Å²) in [6.07, 6.45) is 6.63. The first-order chi connectivity index (χ1) is 9.37. The quantitative estimate of drug-likeness (QED) is 0.809. The first kappa shape index (κ1) is 18.7. The smallest absolute Gasteiger partial charge is 0.241 e. The Balaban J connectivity index is 0.00000220. The minimum atomic E-state index is -3.41. The van der Waals surface area contributed by atoms with Crippen molar-refractivity contribution in [3.8, 4) is 0 Å². The monoisotopic (exact) mass is 338 g/mol. The Hall–Kier alpha value is -0.330. The molecule has 2 N–H and O–H groups in total. The van der Waals surface area contributed by atoms with Crippen LogP contribution in [-0.4, -0.2) is 44.5 Å². The van der Waals surface area contributed by atoms with Crippen LogP contribution in [0.2, 0.25) is 0 Å². The van der Waals surface area contributed by atoms with E-state index in [-0.39, 0.29) is 24.4 Å². The molecule has 1 unspecified atom stereocenters. The number of sulfone groups is 1. The van der Waals surface area contributed by atoms with Crippen LogP contribution in [0.4, 0.5) is 0 Å². The molecule has 0 bridgehead atoms. The molecule has 1 atom stereocenters. The lowest BCUT2D eigenvalue weighted by molar-refractivity contribution is -0.125. The van der Waals surface area contributed by atoms with E-state index in [1.165, 1.54) is 19.1 Å². The molecule has 2 rings (SSSR count). The zero-order chi connectivity index (χ0) is 14.8. The zero-order valence-electron chi connectivity index (χ0n) is 12.9. The van der Waals surface area contributed by atoms with E-state index >= 15 is 0 Å². The fourth-order valence-corrected chi connectivity index (χ4v) is 4.85. The third-order valence-corrected chi connectivity index (χ3v) is 7.01. The van der Waals surface area contributed by atoms with Gasteiger partial charge in [0.15, 0.2) is 14.6 Å². The molecule has 1 heterocycles. The number of halogens is 1. The van der Waals surface area contributed by atoms with Gasteiger partial charge in [-0.25, -0.2) is 8.42 Å². The Kier molecular flexibility index (Phi) is 6.50. The van der Waals surface area contributed by atoms with Crippen molar-refractivity contribution in [2.45, 2.75) is 56.2 Å². The average Bonchev–Trinajstić information content (AvgIpc) is 2.92. The molecule has 1 aliphatic carbocycles. The molecule has 2 fully saturated rings. The molecular formula is C14H27ClN2O3S. The number of hydrogen-bond acceptors (Lipinski definition) is 4. The molecular weight excluding hydrogens is 312 g/mol. The number of piperidine rings is 1. The molecule has 1 aliphatic heterocycles. The average molecular weight is 339 g/mol. The van der Waals surface area contributed by atoms with E-state index in [0.717, 1.165) is 12.8 Å². The van der Waals surface area contributed by atoms with Gasteiger partial charge in [-0.2, -0.15) is 0 Å². The van der Waals surface area contributed by atoms with Crippen LogP contribution >= 0.6 is 12.4 Å². The highest BCUT2D eigenvalue weighted by atomic mass is 35.5. The topological polar surface area (TPSA) is 75.3 Å². The van der Waals surface area contributed by atoms with E-state index in [2.05, 4.69) is 10.6 Å². The van der Waals surface area contributed by atoms with Crippen LogP contribution in [0.1, 0.15) is 45.4 Å². The van der Waals surface area contributed by atoms with Crippen LogP contribution in [0.15, 0.2) is 0 Å². The number of nitrogens with one attached hydrogen (secondary N) is 2. The summed E-state index contributed by atoms with van der Waals surface area (Å²) in [5.74, 6) is 0.207. The van der Waals surface area contributed by atoms with Crippen LogP contribution in [0.3, 0.4) is 0 Å². The summed E-state index contributed by atoms with van der Waals surface area (Å²) in [5, 5.41) is 6.12. The number of hydrogen-bond donors (Lipinski definition) is 2. The standard InChI is InChI=1S/C14H26N2O3S.ClH/c1-11(12-5-3-4-6-12)16-13(17)14(20(2,18)19)7-9-15-10-8-14;/h11-12,15H,3-10H2,1-2H3,(H,16,17);1H. The number of rotatable bonds is 4. The largest absolute Gasteiger partial charge is 0.352 e. The molecule has 7 heteroatoms. The number of carbonyl (C=O) groups is 1. The number of amides is 1. The molecule has 1 saturated carbocycles. The fraction of sp³-hybridized carbons (Fsp3) is 0.929. The van der Waals surface area contributed by atoms with Gasteiger partial charge in [0.25, 0.3) is 0 Å². The van der Waals surface area contributed by atoms with Crippen molar-refractivity contribution in [3.63, 3.8) is 0 Å². The van der Waals surface area contributed by atoms with Crippen LogP contribution in [0.25, 0.3) is 0 Å². The van der Waals surface area contributed by atoms with Gasteiger partial charge in [-0.3, -0.25) is 4.79 Å². The lowest BCUT2D eigenvalue weighted by Gasteiger charge is -2.36. The Labute approximate surface area is 134 Å². The Morgan fingerprint density at radius 3 is 2.24 bits per heavy atom. The second-order valence-corrected chi connectivity index (χ2v) is 8.65. The molecule has 1 saturated heterocycles. The maximum atomic E-state index is 12.6. The molecule has 1 amide bonds. The van der Waals surface area contributed by atoms with Gasteiger partial charge in [-0.15, -0.1) is 12.4 Å². The summed E-state index contributed by atoms with van der Waals surface area (Å²) >= 11 is 0. The van der Waals surface area contributed by atoms with Crippen molar-refractivity contribution in [2.75, 3.05) is 19.3 Å². The summed E-state index contributed by atoms with van der Waals surface area (Å²) in [4.78, 5) is 12.6. The summed E-state index contributed by atoms with van der Waals surface area (Å²) in [6, 6.07) is 0.0681. The predicted molar refractivity (Wildman–Crippen MR) is 86.5 cm³/mol. The minimum absolute atomic E-state index is 0. The van der Waals surface area contributed by atoms with Crippen LogP contribution in [-0.2, 0) is 14.6 Å². The maximum absolute atomic E-state index is 12.6. The van der Waals surface area contributed by atoms with Gasteiger partial charge in [-0.05, 0) is 51.6 Å². The molecule has 21 heavy (non-hydrogen) atoms. The van der Waals surface area contributed by atoms with Crippen LogP contribution in [0.5, 0.6) is 0 Å². The molecule has 0 aromatic rings. The van der Waals surface area contributed by atoms with Gasteiger partial charge in [0.1, 0.15) is 0 Å². The van der Waals surface area contributed by atoms with Gasteiger partial charge in [-0.1, -0.05) is 12.8 Å². The highest BCUT2D eigenvalue weighted by molar-refractivity contribution is 7.92. The molecule has 5 nitrogen and oxygen atoms in total. The first-order valence-corrected chi connectivity index (χ1v) is 9.47. The van der Waals surface area contributed by atoms with Crippen molar-refractivity contribution < 1.29 is 13.2 Å². The highest BCUT2D eigenvalue weighted by Crippen LogP contribution is 2.31. The summed E-state index contributed by atoms with van der Waals surface area (Å²) in [5.41, 5.74) is 0. The highest BCUT2D eigenvalue weighted by Gasteiger charge is 2.49. The van der Waals surface area contributed by atoms with E-state index < -0.39 is 14.6 Å². The van der Waals surface area contributed by atoms with Gasteiger partial charge in [0, 0.05) is 12.3 Å². The van der Waals surface area contributed by atoms with E-state index in [9.17, 15) is 13.2 Å². The predicted octanol–water partition coefficient (Wildman–Crippen LogP) is 1.27. The second-order valence-electron chi connectivity index (χ2n) is 6.32. The normalized spacial score (nSPS) is 24.1. The van der Waals surface area contributed by atoms with Crippen molar-refractivity contribution in [3.05, 3.63) is 0 Å². The Bertz CT molecular complexity index is 455. The van der Waals surface area contributed by atoms with Crippen LogP contribution < -0.4 is 10.6 Å². The van der Waals surface area contributed by atoms with Gasteiger partial charge in [0.05, 0.1) is 0 Å². The van der Waals surface area contributed by atoms with Crippen molar-refractivity contribution in [2.24, 2.45) is 5.92 Å². The van der Waals surface area contributed by atoms with Crippen LogP contribution in [0, 0.1) is 5.92 Å². The second kappa shape index (κ2) is 7.29. The Morgan fingerprint density at radius 2 is 1.76 bits per heavy atom. The fourth-order valence-electron chi connectivity index (χ4n) is 3.51. The lowest BCUT2D eigenvalue weighted by atomic mass is 9.93. The zero-order valence-corrected chi connectivity index (χ0v) is 14.5. The van der Waals surface area contributed by atoms with Gasteiger partial charge >= 0.3 is 0 Å². The Morgan fingerprint density at radius 1 is 1.24 bits per heavy atom. The number of carbonyl (C=O) groups excluding carboxylic acids is 1. The summed E-state index contributed by atoms with van der Waals surface area (Å²) in [6.45, 7) is 3.17. The van der Waals surface area contributed by atoms with E-state index in [4.69, 9.17) is 0 Å². The molecule has 0 aromatic carbocycles.